The third-order valence-corrected chi connectivity index (χ3v) is 10.3. The predicted octanol–water partition coefficient (Wildman–Crippen LogP) is 2.52. The minimum Gasteiger partial charge on any atom is -0.379 e. The van der Waals surface area contributed by atoms with E-state index in [0.717, 1.165) is 48.7 Å². The van der Waals surface area contributed by atoms with Crippen LogP contribution in [0.2, 0.25) is 0 Å². The van der Waals surface area contributed by atoms with Crippen molar-refractivity contribution >= 4 is 0 Å². The Kier molecular flexibility index (Phi) is 3.85. The molecule has 0 radical (unpaired) electrons. The number of ether oxygens (including phenoxy) is 5. The quantitative estimate of drug-likeness (QED) is 0.636. The van der Waals surface area contributed by atoms with Crippen molar-refractivity contribution in [3.63, 3.8) is 0 Å². The lowest BCUT2D eigenvalue weighted by atomic mass is 9.37. The van der Waals surface area contributed by atoms with Crippen LogP contribution in [0.4, 0.5) is 0 Å². The Hall–Kier alpha value is -0.200. The Balaban J connectivity index is 1.11. The molecule has 10 unspecified atom stereocenters. The summed E-state index contributed by atoms with van der Waals surface area (Å²) in [6.07, 6.45) is 7.95. The molecular formula is C23H34O5. The van der Waals surface area contributed by atoms with Crippen LogP contribution in [0.1, 0.15) is 32.1 Å². The van der Waals surface area contributed by atoms with Crippen LogP contribution in [0.25, 0.3) is 0 Å². The van der Waals surface area contributed by atoms with Crippen LogP contribution in [-0.2, 0) is 23.7 Å². The van der Waals surface area contributed by atoms with Gasteiger partial charge in [0.25, 0.3) is 0 Å². The molecule has 28 heavy (non-hydrogen) atoms. The molecule has 0 aromatic carbocycles. The summed E-state index contributed by atoms with van der Waals surface area (Å²) in [5, 5.41) is 0. The predicted molar refractivity (Wildman–Crippen MR) is 101 cm³/mol. The van der Waals surface area contributed by atoms with E-state index in [-0.39, 0.29) is 0 Å². The number of hydrogen-bond donors (Lipinski definition) is 0. The molecule has 5 aliphatic carbocycles. The molecule has 5 nitrogen and oxygen atoms in total. The standard InChI is InChI=1S/C23H34O5/c1-3-22-14-13-15-17-16(14)20-18(22)19(21(17)28-20)23(15,22)4-2-6-25-8-10-27-12-11-26-9-7-24-5-1/h14-21H,1-13H2. The first-order chi connectivity index (χ1) is 13.9. The summed E-state index contributed by atoms with van der Waals surface area (Å²) in [5.41, 5.74) is 1.18. The molecule has 5 heteroatoms. The molecule has 0 aromatic rings. The van der Waals surface area contributed by atoms with Gasteiger partial charge in [0, 0.05) is 13.2 Å². The van der Waals surface area contributed by atoms with Crippen molar-refractivity contribution in [1.82, 2.24) is 0 Å². The second kappa shape index (κ2) is 6.16. The monoisotopic (exact) mass is 390 g/mol. The van der Waals surface area contributed by atoms with Crippen molar-refractivity contribution in [1.29, 1.82) is 0 Å². The second-order valence-corrected chi connectivity index (χ2v) is 10.5. The molecule has 0 amide bonds. The van der Waals surface area contributed by atoms with Gasteiger partial charge >= 0.3 is 0 Å². The topological polar surface area (TPSA) is 46.2 Å². The molecule has 0 aromatic heterocycles. The third kappa shape index (κ3) is 1.80. The fraction of sp³-hybridized carbons (Fsp3) is 1.00. The van der Waals surface area contributed by atoms with Gasteiger partial charge in [-0.3, -0.25) is 0 Å². The maximum absolute atomic E-state index is 6.65. The van der Waals surface area contributed by atoms with Gasteiger partial charge in [-0.25, -0.2) is 0 Å². The van der Waals surface area contributed by atoms with E-state index in [2.05, 4.69) is 0 Å². The molecule has 8 fully saturated rings. The van der Waals surface area contributed by atoms with Crippen molar-refractivity contribution in [2.24, 2.45) is 46.3 Å². The average Bonchev–Trinajstić information content (AvgIpc) is 3.40. The van der Waals surface area contributed by atoms with E-state index in [1.165, 1.54) is 32.1 Å². The maximum atomic E-state index is 6.65. The van der Waals surface area contributed by atoms with Crippen LogP contribution in [0.15, 0.2) is 0 Å². The zero-order valence-electron chi connectivity index (χ0n) is 16.9. The lowest BCUT2D eigenvalue weighted by molar-refractivity contribution is -0.191. The Bertz CT molecular complexity index is 580. The molecule has 156 valence electrons. The van der Waals surface area contributed by atoms with Gasteiger partial charge in [0.1, 0.15) is 0 Å². The van der Waals surface area contributed by atoms with Crippen molar-refractivity contribution in [2.75, 3.05) is 52.9 Å². The Labute approximate surface area is 167 Å². The summed E-state index contributed by atoms with van der Waals surface area (Å²) in [7, 11) is 0. The Morgan fingerprint density at radius 3 is 1.43 bits per heavy atom. The van der Waals surface area contributed by atoms with Crippen LogP contribution in [0.5, 0.6) is 0 Å². The summed E-state index contributed by atoms with van der Waals surface area (Å²) in [4.78, 5) is 0. The van der Waals surface area contributed by atoms with Crippen molar-refractivity contribution in [3.8, 4) is 0 Å². The lowest BCUT2D eigenvalue weighted by Gasteiger charge is -2.65. The van der Waals surface area contributed by atoms with E-state index in [4.69, 9.17) is 23.7 Å². The molecule has 10 atom stereocenters. The van der Waals surface area contributed by atoms with E-state index in [0.29, 0.717) is 62.7 Å². The molecule has 3 saturated heterocycles. The zero-order chi connectivity index (χ0) is 18.3. The van der Waals surface area contributed by atoms with E-state index in [9.17, 15) is 0 Å². The Morgan fingerprint density at radius 1 is 0.536 bits per heavy atom. The first-order valence-corrected chi connectivity index (χ1v) is 11.9. The Morgan fingerprint density at radius 2 is 0.964 bits per heavy atom. The number of hydrogen-bond acceptors (Lipinski definition) is 5. The summed E-state index contributed by atoms with van der Waals surface area (Å²) < 4.78 is 29.7. The van der Waals surface area contributed by atoms with Crippen molar-refractivity contribution in [3.05, 3.63) is 0 Å². The highest BCUT2D eigenvalue weighted by molar-refractivity contribution is 5.44. The van der Waals surface area contributed by atoms with E-state index < -0.39 is 0 Å². The van der Waals surface area contributed by atoms with Crippen LogP contribution in [0.3, 0.4) is 0 Å². The zero-order valence-corrected chi connectivity index (χ0v) is 16.9. The average molecular weight is 391 g/mol. The van der Waals surface area contributed by atoms with E-state index >= 15 is 0 Å². The van der Waals surface area contributed by atoms with E-state index in [1.54, 1.807) is 0 Å². The SMILES string of the molecule is C1COCCOCCOCCOCCCC23C4CC5C6C7OC(C64)C2C7C53C1. The van der Waals surface area contributed by atoms with Gasteiger partial charge in [-0.1, -0.05) is 0 Å². The van der Waals surface area contributed by atoms with Crippen LogP contribution in [-0.4, -0.2) is 65.1 Å². The molecular weight excluding hydrogens is 356 g/mol. The van der Waals surface area contributed by atoms with Gasteiger partial charge in [0.05, 0.1) is 51.8 Å². The fourth-order valence-electron chi connectivity index (χ4n) is 10.3. The van der Waals surface area contributed by atoms with Gasteiger partial charge < -0.3 is 23.7 Å². The van der Waals surface area contributed by atoms with Crippen molar-refractivity contribution < 1.29 is 23.7 Å². The van der Waals surface area contributed by atoms with Gasteiger partial charge in [-0.15, -0.1) is 0 Å². The summed E-state index contributed by atoms with van der Waals surface area (Å²) in [5.74, 6) is 5.55. The molecule has 2 spiro atoms. The molecule has 3 heterocycles. The highest BCUT2D eigenvalue weighted by Gasteiger charge is 2.98. The fourth-order valence-corrected chi connectivity index (χ4v) is 10.3. The molecule has 4 bridgehead atoms. The van der Waals surface area contributed by atoms with Crippen molar-refractivity contribution in [2.45, 2.75) is 44.3 Å². The normalized spacial score (nSPS) is 60.0. The summed E-state index contributed by atoms with van der Waals surface area (Å²) in [6.45, 7) is 5.82. The lowest BCUT2D eigenvalue weighted by Crippen LogP contribution is -2.63. The number of rotatable bonds is 0. The molecule has 8 aliphatic rings. The largest absolute Gasteiger partial charge is 0.379 e. The molecule has 8 rings (SSSR count). The molecule has 3 aliphatic heterocycles. The highest BCUT2D eigenvalue weighted by Crippen LogP contribution is 2.98. The summed E-state index contributed by atoms with van der Waals surface area (Å²) in [6, 6.07) is 0. The minimum atomic E-state index is 0.591. The van der Waals surface area contributed by atoms with Gasteiger partial charge in [-0.2, -0.15) is 0 Å². The smallest absolute Gasteiger partial charge is 0.0701 e. The maximum Gasteiger partial charge on any atom is 0.0701 e. The van der Waals surface area contributed by atoms with Gasteiger partial charge in [0.2, 0.25) is 0 Å². The molecule has 0 N–H and O–H groups in total. The van der Waals surface area contributed by atoms with Crippen LogP contribution < -0.4 is 0 Å². The van der Waals surface area contributed by atoms with Crippen LogP contribution >= 0.6 is 0 Å². The second-order valence-electron chi connectivity index (χ2n) is 10.5. The van der Waals surface area contributed by atoms with Crippen LogP contribution in [0, 0.1) is 46.3 Å². The molecule has 5 saturated carbocycles. The first kappa shape index (κ1) is 17.5. The summed E-state index contributed by atoms with van der Waals surface area (Å²) >= 11 is 0. The first-order valence-electron chi connectivity index (χ1n) is 11.9. The third-order valence-electron chi connectivity index (χ3n) is 10.3. The van der Waals surface area contributed by atoms with Gasteiger partial charge in [0.15, 0.2) is 0 Å². The van der Waals surface area contributed by atoms with Gasteiger partial charge in [-0.05, 0) is 78.4 Å². The van der Waals surface area contributed by atoms with E-state index in [1.807, 2.05) is 0 Å². The highest BCUT2D eigenvalue weighted by atomic mass is 16.6. The minimum absolute atomic E-state index is 0.591.